The van der Waals surface area contributed by atoms with Gasteiger partial charge in [0.05, 0.1) is 11.0 Å². The summed E-state index contributed by atoms with van der Waals surface area (Å²) < 4.78 is 5.79. The fourth-order valence-electron chi connectivity index (χ4n) is 5.34. The quantitative estimate of drug-likeness (QED) is 0.118. The Labute approximate surface area is 249 Å². The summed E-state index contributed by atoms with van der Waals surface area (Å²) in [4.78, 5) is 20.2. The number of aromatic nitrogens is 6. The van der Waals surface area contributed by atoms with Crippen molar-refractivity contribution >= 4 is 29.7 Å². The number of fused-ring (bicyclic) bond motifs is 1. The molecule has 0 aliphatic heterocycles. The normalized spacial score (nSPS) is 12.1. The van der Waals surface area contributed by atoms with Gasteiger partial charge in [0.15, 0.2) is 0 Å². The third-order valence-corrected chi connectivity index (χ3v) is 7.50. The van der Waals surface area contributed by atoms with Gasteiger partial charge in [-0.1, -0.05) is 98.3 Å². The molecule has 2 aromatic heterocycles. The molecule has 2 N–H and O–H groups in total. The summed E-state index contributed by atoms with van der Waals surface area (Å²) in [5, 5.41) is 14.9. The average Bonchev–Trinajstić information content (AvgIpc) is 3.73. The van der Waals surface area contributed by atoms with Crippen LogP contribution < -0.4 is 0 Å². The third kappa shape index (κ3) is 6.43. The van der Waals surface area contributed by atoms with E-state index in [1.807, 2.05) is 42.5 Å². The van der Waals surface area contributed by atoms with E-state index in [4.69, 9.17) is 9.72 Å². The zero-order chi connectivity index (χ0) is 29.4. The van der Waals surface area contributed by atoms with Gasteiger partial charge in [0.25, 0.3) is 6.47 Å². The number of hydrogen-bond acceptors (Lipinski definition) is 6. The predicted molar refractivity (Wildman–Crippen MR) is 169 cm³/mol. The van der Waals surface area contributed by atoms with Crippen LogP contribution in [0, 0.1) is 0 Å². The lowest BCUT2D eigenvalue weighted by atomic mass is 9.92. The van der Waals surface area contributed by atoms with Gasteiger partial charge in [-0.2, -0.15) is 5.21 Å². The molecule has 1 atom stereocenters. The summed E-state index contributed by atoms with van der Waals surface area (Å²) >= 11 is 0. The van der Waals surface area contributed by atoms with Crippen LogP contribution in [0.1, 0.15) is 53.9 Å². The van der Waals surface area contributed by atoms with E-state index in [1.54, 1.807) is 0 Å². The molecule has 6 aromatic rings. The molecule has 43 heavy (non-hydrogen) atoms. The fourth-order valence-corrected chi connectivity index (χ4v) is 5.34. The summed E-state index contributed by atoms with van der Waals surface area (Å²) in [6, 6.07) is 30.5. The summed E-state index contributed by atoms with van der Waals surface area (Å²) in [6.45, 7) is 2.70. The highest BCUT2D eigenvalue weighted by molar-refractivity contribution is 5.83. The molecule has 0 fully saturated rings. The van der Waals surface area contributed by atoms with Crippen molar-refractivity contribution in [3.05, 3.63) is 119 Å². The molecule has 4 aromatic carbocycles. The molecule has 0 saturated heterocycles. The standard InChI is InChI=1S/C35H32N6O2/c1-2-3-14-34-36-31-21-27(17-15-24-10-6-4-7-11-24)29(22-32(31)37-34)33(43-23-42)20-25-16-18-28(26-12-8-5-9-13-26)30(19-25)35-38-40-41-39-35/h4-13,15-19,21-23,33H,2-3,14,20H2,1H3,(H,36,37)(H,38,39,40,41). The van der Waals surface area contributed by atoms with Crippen molar-refractivity contribution in [1.29, 1.82) is 0 Å². The first kappa shape index (κ1) is 27.8. The van der Waals surface area contributed by atoms with Crippen molar-refractivity contribution in [3.8, 4) is 22.5 Å². The molecular formula is C35H32N6O2. The van der Waals surface area contributed by atoms with Crippen LogP contribution in [0.4, 0.5) is 0 Å². The van der Waals surface area contributed by atoms with E-state index in [0.717, 1.165) is 75.1 Å². The van der Waals surface area contributed by atoms with Crippen molar-refractivity contribution in [2.45, 2.75) is 38.7 Å². The van der Waals surface area contributed by atoms with Gasteiger partial charge in [-0.3, -0.25) is 4.79 Å². The number of nitrogens with zero attached hydrogens (tertiary/aromatic N) is 4. The lowest BCUT2D eigenvalue weighted by molar-refractivity contribution is -0.133. The SMILES string of the molecule is CCCCc1nc2cc(C=Cc3ccccc3)c(C(Cc3ccc(-c4ccccc4)c(-c4nn[nH]n4)c3)OC=O)cc2[nH]1. The molecule has 0 bridgehead atoms. The van der Waals surface area contributed by atoms with Crippen molar-refractivity contribution in [1.82, 2.24) is 30.6 Å². The Morgan fingerprint density at radius 2 is 1.72 bits per heavy atom. The van der Waals surface area contributed by atoms with Gasteiger partial charge in [0.2, 0.25) is 5.82 Å². The molecule has 0 spiro atoms. The van der Waals surface area contributed by atoms with Gasteiger partial charge in [-0.15, -0.1) is 10.2 Å². The first-order chi connectivity index (χ1) is 21.2. The number of carbonyl (C=O) groups excluding carboxylic acids is 1. The van der Waals surface area contributed by atoms with Gasteiger partial charge < -0.3 is 9.72 Å². The minimum absolute atomic E-state index is 0.452. The molecule has 0 aliphatic carbocycles. The van der Waals surface area contributed by atoms with Crippen molar-refractivity contribution in [3.63, 3.8) is 0 Å². The minimum Gasteiger partial charge on any atom is -0.459 e. The molecule has 8 heteroatoms. The Balaban J connectivity index is 1.41. The van der Waals surface area contributed by atoms with Crippen LogP contribution >= 0.6 is 0 Å². The van der Waals surface area contributed by atoms with E-state index in [1.165, 1.54) is 0 Å². The van der Waals surface area contributed by atoms with E-state index in [2.05, 4.69) is 93.2 Å². The number of rotatable bonds is 12. The van der Waals surface area contributed by atoms with Crippen LogP contribution in [-0.4, -0.2) is 37.1 Å². The zero-order valence-electron chi connectivity index (χ0n) is 23.9. The number of ether oxygens (including phenoxy) is 1. The minimum atomic E-state index is -0.541. The van der Waals surface area contributed by atoms with Crippen molar-refractivity contribution in [2.24, 2.45) is 0 Å². The molecule has 0 radical (unpaired) electrons. The summed E-state index contributed by atoms with van der Waals surface area (Å²) in [6.07, 6.45) is 7.08. The number of benzene rings is 4. The second-order valence-corrected chi connectivity index (χ2v) is 10.4. The number of H-pyrrole nitrogens is 2. The second-order valence-electron chi connectivity index (χ2n) is 10.4. The Morgan fingerprint density at radius 1 is 0.907 bits per heavy atom. The van der Waals surface area contributed by atoms with Crippen molar-refractivity contribution < 1.29 is 9.53 Å². The van der Waals surface area contributed by atoms with E-state index < -0.39 is 6.10 Å². The number of tetrazole rings is 1. The Kier molecular flexibility index (Phi) is 8.45. The predicted octanol–water partition coefficient (Wildman–Crippen LogP) is 7.38. The number of hydrogen-bond donors (Lipinski definition) is 2. The lowest BCUT2D eigenvalue weighted by Crippen LogP contribution is -2.09. The van der Waals surface area contributed by atoms with Crippen LogP contribution in [0.2, 0.25) is 0 Å². The van der Waals surface area contributed by atoms with E-state index in [9.17, 15) is 4.79 Å². The highest BCUT2D eigenvalue weighted by Gasteiger charge is 2.21. The Morgan fingerprint density at radius 3 is 2.47 bits per heavy atom. The van der Waals surface area contributed by atoms with E-state index in [0.29, 0.717) is 18.7 Å². The Hall–Kier alpha value is -5.37. The molecule has 0 amide bonds. The molecular weight excluding hydrogens is 536 g/mol. The number of imidazole rings is 1. The second kappa shape index (κ2) is 13.1. The maximum atomic E-state index is 11.9. The van der Waals surface area contributed by atoms with Gasteiger partial charge in [0, 0.05) is 24.0 Å². The van der Waals surface area contributed by atoms with Gasteiger partial charge in [-0.25, -0.2) is 4.98 Å². The first-order valence-electron chi connectivity index (χ1n) is 14.5. The molecule has 8 nitrogen and oxygen atoms in total. The van der Waals surface area contributed by atoms with Gasteiger partial charge in [-0.05, 0) is 57.7 Å². The topological polar surface area (TPSA) is 109 Å². The van der Waals surface area contributed by atoms with E-state index in [-0.39, 0.29) is 0 Å². The number of unbranched alkanes of at least 4 members (excludes halogenated alkanes) is 1. The molecule has 1 unspecified atom stereocenters. The molecule has 0 saturated carbocycles. The smallest absolute Gasteiger partial charge is 0.293 e. The number of aromatic amines is 2. The fraction of sp³-hybridized carbons (Fsp3) is 0.171. The number of carbonyl (C=O) groups is 1. The Bertz CT molecular complexity index is 1830. The largest absolute Gasteiger partial charge is 0.459 e. The maximum Gasteiger partial charge on any atom is 0.293 e. The lowest BCUT2D eigenvalue weighted by Gasteiger charge is -2.19. The molecule has 6 rings (SSSR count). The highest BCUT2D eigenvalue weighted by Crippen LogP contribution is 2.34. The van der Waals surface area contributed by atoms with Crippen molar-refractivity contribution in [2.75, 3.05) is 0 Å². The maximum absolute atomic E-state index is 11.9. The van der Waals surface area contributed by atoms with Crippen LogP contribution in [-0.2, 0) is 22.4 Å². The summed E-state index contributed by atoms with van der Waals surface area (Å²) in [5.74, 6) is 1.46. The summed E-state index contributed by atoms with van der Waals surface area (Å²) in [7, 11) is 0. The number of aryl methyl sites for hydroxylation is 1. The molecule has 0 aliphatic rings. The zero-order valence-corrected chi connectivity index (χ0v) is 23.9. The highest BCUT2D eigenvalue weighted by atomic mass is 16.5. The molecule has 2 heterocycles. The first-order valence-corrected chi connectivity index (χ1v) is 14.5. The molecule has 214 valence electrons. The average molecular weight is 569 g/mol. The third-order valence-electron chi connectivity index (χ3n) is 7.50. The monoisotopic (exact) mass is 568 g/mol. The number of nitrogens with one attached hydrogen (secondary N) is 2. The van der Waals surface area contributed by atoms with Crippen LogP contribution in [0.15, 0.2) is 91.0 Å². The van der Waals surface area contributed by atoms with Crippen LogP contribution in [0.25, 0.3) is 45.7 Å². The summed E-state index contributed by atoms with van der Waals surface area (Å²) in [5.41, 5.74) is 8.57. The van der Waals surface area contributed by atoms with Crippen LogP contribution in [0.5, 0.6) is 0 Å². The van der Waals surface area contributed by atoms with Gasteiger partial charge in [0.1, 0.15) is 11.9 Å². The van der Waals surface area contributed by atoms with Gasteiger partial charge >= 0.3 is 0 Å². The van der Waals surface area contributed by atoms with Crippen LogP contribution in [0.3, 0.4) is 0 Å². The van der Waals surface area contributed by atoms with E-state index >= 15 is 0 Å².